The first-order valence-corrected chi connectivity index (χ1v) is 10.8. The van der Waals surface area contributed by atoms with Crippen LogP contribution >= 0.6 is 0 Å². The number of amides is 1. The second kappa shape index (κ2) is 12.2. The van der Waals surface area contributed by atoms with Crippen LogP contribution in [0.5, 0.6) is 0 Å². The highest BCUT2D eigenvalue weighted by Crippen LogP contribution is 2.32. The summed E-state index contributed by atoms with van der Waals surface area (Å²) in [5.41, 5.74) is -0.790. The third kappa shape index (κ3) is 14.9. The van der Waals surface area contributed by atoms with E-state index in [0.29, 0.717) is 32.8 Å². The zero-order valence-corrected chi connectivity index (χ0v) is 20.4. The van der Waals surface area contributed by atoms with Gasteiger partial charge in [-0.3, -0.25) is 4.79 Å². The Balaban J connectivity index is 4.15. The Labute approximate surface area is 179 Å². The van der Waals surface area contributed by atoms with Gasteiger partial charge in [-0.15, -0.1) is 0 Å². The maximum absolute atomic E-state index is 12.2. The van der Waals surface area contributed by atoms with E-state index in [-0.39, 0.29) is 34.5 Å². The molecule has 1 amide bonds. The summed E-state index contributed by atoms with van der Waals surface area (Å²) >= 11 is 0. The molecular weight excluding hydrogens is 370 g/mol. The molecule has 0 heterocycles. The maximum atomic E-state index is 12.2. The largest absolute Gasteiger partial charge is 0.396 e. The second-order valence-corrected chi connectivity index (χ2v) is 10.9. The van der Waals surface area contributed by atoms with Crippen molar-refractivity contribution in [2.24, 2.45) is 10.8 Å². The van der Waals surface area contributed by atoms with Gasteiger partial charge in [-0.1, -0.05) is 27.7 Å². The molecule has 0 saturated heterocycles. The van der Waals surface area contributed by atoms with E-state index >= 15 is 0 Å². The maximum Gasteiger partial charge on any atom is 0.222 e. The third-order valence-electron chi connectivity index (χ3n) is 5.08. The minimum Gasteiger partial charge on any atom is -0.396 e. The molecule has 0 bridgehead atoms. The van der Waals surface area contributed by atoms with Crippen molar-refractivity contribution in [1.82, 2.24) is 5.32 Å². The highest BCUT2D eigenvalue weighted by molar-refractivity contribution is 5.75. The number of aliphatic hydroxyl groups is 1. The molecular formula is C23H47NO5. The number of carbonyl (C=O) groups is 1. The van der Waals surface area contributed by atoms with Gasteiger partial charge in [-0.25, -0.2) is 0 Å². The van der Waals surface area contributed by atoms with E-state index in [4.69, 9.17) is 14.2 Å². The predicted octanol–water partition coefficient (Wildman–Crippen LogP) is 3.94. The Hall–Kier alpha value is -0.690. The topological polar surface area (TPSA) is 77.0 Å². The average molecular weight is 418 g/mol. The van der Waals surface area contributed by atoms with Crippen LogP contribution < -0.4 is 5.32 Å². The fourth-order valence-electron chi connectivity index (χ4n) is 3.33. The van der Waals surface area contributed by atoms with Gasteiger partial charge in [0.1, 0.15) is 0 Å². The van der Waals surface area contributed by atoms with E-state index in [1.807, 2.05) is 27.7 Å². The number of hydrogen-bond acceptors (Lipinski definition) is 5. The molecule has 0 aromatic heterocycles. The predicted molar refractivity (Wildman–Crippen MR) is 118 cm³/mol. The van der Waals surface area contributed by atoms with Gasteiger partial charge in [0.25, 0.3) is 0 Å². The summed E-state index contributed by atoms with van der Waals surface area (Å²) in [6.45, 7) is 18.9. The number of ether oxygens (including phenoxy) is 3. The van der Waals surface area contributed by atoms with Crippen molar-refractivity contribution in [1.29, 1.82) is 0 Å². The van der Waals surface area contributed by atoms with Crippen molar-refractivity contribution in [3.8, 4) is 0 Å². The molecule has 2 N–H and O–H groups in total. The summed E-state index contributed by atoms with van der Waals surface area (Å²) < 4.78 is 17.0. The number of hydrogen-bond donors (Lipinski definition) is 2. The molecule has 0 fully saturated rings. The average Bonchev–Trinajstić information content (AvgIpc) is 2.57. The monoisotopic (exact) mass is 417 g/mol. The number of methoxy groups -OCH3 is 1. The Kier molecular flexibility index (Phi) is 11.9. The van der Waals surface area contributed by atoms with Crippen LogP contribution in [0.1, 0.15) is 81.1 Å². The van der Waals surface area contributed by atoms with Crippen LogP contribution in [0, 0.1) is 10.8 Å². The van der Waals surface area contributed by atoms with Crippen molar-refractivity contribution in [2.45, 2.75) is 92.3 Å². The quantitative estimate of drug-likeness (QED) is 0.398. The highest BCUT2D eigenvalue weighted by atomic mass is 16.5. The van der Waals surface area contributed by atoms with Crippen molar-refractivity contribution in [3.05, 3.63) is 0 Å². The van der Waals surface area contributed by atoms with E-state index in [9.17, 15) is 9.90 Å². The third-order valence-corrected chi connectivity index (χ3v) is 5.08. The van der Waals surface area contributed by atoms with Gasteiger partial charge in [0.05, 0.1) is 24.4 Å². The first-order valence-electron chi connectivity index (χ1n) is 10.8. The number of carbonyl (C=O) groups excluding carboxylic acids is 1. The SMILES string of the molecule is COCCC(C)(C)OCCC(C)(C)OCCC(=O)NCC(C)(C)CC(C)(C)CO. The smallest absolute Gasteiger partial charge is 0.222 e. The lowest BCUT2D eigenvalue weighted by Gasteiger charge is -2.34. The summed E-state index contributed by atoms with van der Waals surface area (Å²) in [6, 6.07) is 0. The summed E-state index contributed by atoms with van der Waals surface area (Å²) in [5, 5.41) is 12.5. The van der Waals surface area contributed by atoms with E-state index in [2.05, 4.69) is 33.0 Å². The highest BCUT2D eigenvalue weighted by Gasteiger charge is 2.29. The van der Waals surface area contributed by atoms with E-state index in [1.165, 1.54) is 0 Å². The number of rotatable bonds is 16. The normalized spacial score (nSPS) is 13.6. The van der Waals surface area contributed by atoms with Gasteiger partial charge in [-0.2, -0.15) is 0 Å². The molecule has 0 aliphatic heterocycles. The molecule has 6 nitrogen and oxygen atoms in total. The zero-order valence-electron chi connectivity index (χ0n) is 20.4. The molecule has 0 rings (SSSR count). The van der Waals surface area contributed by atoms with Gasteiger partial charge >= 0.3 is 0 Å². The lowest BCUT2D eigenvalue weighted by molar-refractivity contribution is -0.124. The second-order valence-electron chi connectivity index (χ2n) is 10.9. The van der Waals surface area contributed by atoms with Crippen LogP contribution in [-0.4, -0.2) is 62.3 Å². The molecule has 0 aliphatic rings. The molecule has 0 aliphatic carbocycles. The van der Waals surface area contributed by atoms with E-state index < -0.39 is 0 Å². The number of aliphatic hydroxyl groups excluding tert-OH is 1. The fourth-order valence-corrected chi connectivity index (χ4v) is 3.33. The van der Waals surface area contributed by atoms with Crippen molar-refractivity contribution in [2.75, 3.05) is 40.1 Å². The van der Waals surface area contributed by atoms with Crippen LogP contribution in [0.15, 0.2) is 0 Å². The summed E-state index contributed by atoms with van der Waals surface area (Å²) in [5.74, 6) is -0.00683. The zero-order chi connectivity index (χ0) is 22.8. The summed E-state index contributed by atoms with van der Waals surface area (Å²) in [6.07, 6.45) is 2.77. The molecule has 174 valence electrons. The first kappa shape index (κ1) is 28.3. The van der Waals surface area contributed by atoms with Crippen LogP contribution in [0.25, 0.3) is 0 Å². The van der Waals surface area contributed by atoms with Gasteiger partial charge < -0.3 is 24.6 Å². The van der Waals surface area contributed by atoms with E-state index in [1.54, 1.807) is 7.11 Å². The van der Waals surface area contributed by atoms with Crippen LogP contribution in [-0.2, 0) is 19.0 Å². The summed E-state index contributed by atoms with van der Waals surface area (Å²) in [4.78, 5) is 12.2. The molecule has 29 heavy (non-hydrogen) atoms. The Morgan fingerprint density at radius 3 is 1.86 bits per heavy atom. The van der Waals surface area contributed by atoms with Crippen LogP contribution in [0.2, 0.25) is 0 Å². The minimum atomic E-state index is -0.345. The lowest BCUT2D eigenvalue weighted by atomic mass is 9.75. The number of nitrogens with one attached hydrogen (secondary N) is 1. The van der Waals surface area contributed by atoms with Crippen LogP contribution in [0.4, 0.5) is 0 Å². The van der Waals surface area contributed by atoms with Crippen molar-refractivity contribution >= 4 is 5.91 Å². The minimum absolute atomic E-state index is 0.00683. The lowest BCUT2D eigenvalue weighted by Crippen LogP contribution is -2.38. The standard InChI is InChI=1S/C23H47NO5/c1-20(2,16-21(3,4)18-25)17-24-19(26)10-13-28-23(7,8)12-15-29-22(5,6)11-14-27-9/h25H,10-18H2,1-9H3,(H,24,26). The Morgan fingerprint density at radius 1 is 0.828 bits per heavy atom. The molecule has 0 radical (unpaired) electrons. The summed E-state index contributed by atoms with van der Waals surface area (Å²) in [7, 11) is 1.69. The van der Waals surface area contributed by atoms with Gasteiger partial charge in [0.15, 0.2) is 0 Å². The van der Waals surface area contributed by atoms with Crippen LogP contribution in [0.3, 0.4) is 0 Å². The molecule has 0 unspecified atom stereocenters. The van der Waals surface area contributed by atoms with Crippen molar-refractivity contribution in [3.63, 3.8) is 0 Å². The molecule has 0 atom stereocenters. The first-order chi connectivity index (χ1) is 13.1. The Morgan fingerprint density at radius 2 is 1.34 bits per heavy atom. The molecule has 0 saturated carbocycles. The fraction of sp³-hybridized carbons (Fsp3) is 0.957. The molecule has 0 aromatic rings. The molecule has 0 spiro atoms. The van der Waals surface area contributed by atoms with Gasteiger partial charge in [0, 0.05) is 33.3 Å². The van der Waals surface area contributed by atoms with Gasteiger partial charge in [0.2, 0.25) is 5.91 Å². The van der Waals surface area contributed by atoms with Gasteiger partial charge in [-0.05, 0) is 57.8 Å². The van der Waals surface area contributed by atoms with Crippen molar-refractivity contribution < 1.29 is 24.1 Å². The molecule has 6 heteroatoms. The Bertz CT molecular complexity index is 472. The molecule has 0 aromatic carbocycles. The van der Waals surface area contributed by atoms with E-state index in [0.717, 1.165) is 19.3 Å².